The zero-order valence-corrected chi connectivity index (χ0v) is 19.5. The molecule has 2 unspecified atom stereocenters. The van der Waals surface area contributed by atoms with E-state index in [1.54, 1.807) is 36.4 Å². The molecule has 4 aromatic carbocycles. The second kappa shape index (κ2) is 9.13. The van der Waals surface area contributed by atoms with Crippen LogP contribution in [0, 0.1) is 23.3 Å². The molecule has 0 aliphatic heterocycles. The van der Waals surface area contributed by atoms with Gasteiger partial charge >= 0.3 is 11.9 Å². The summed E-state index contributed by atoms with van der Waals surface area (Å²) in [5.41, 5.74) is 1.38. The van der Waals surface area contributed by atoms with Crippen LogP contribution in [0.3, 0.4) is 0 Å². The summed E-state index contributed by atoms with van der Waals surface area (Å²) in [6, 6.07) is 19.9. The van der Waals surface area contributed by atoms with Gasteiger partial charge in [0.05, 0.1) is 23.0 Å². The van der Waals surface area contributed by atoms with Crippen molar-refractivity contribution in [2.75, 3.05) is 0 Å². The van der Waals surface area contributed by atoms with Crippen molar-refractivity contribution in [2.24, 2.45) is 0 Å². The van der Waals surface area contributed by atoms with Crippen LogP contribution in [0.25, 0.3) is 0 Å². The number of fused-ring (bicyclic) bond motifs is 1. The monoisotopic (exact) mass is 518 g/mol. The summed E-state index contributed by atoms with van der Waals surface area (Å²) in [5.74, 6) is -8.21. The molecular weight excluding hydrogens is 500 g/mol. The maximum absolute atomic E-state index is 14.4. The number of halogens is 4. The molecule has 7 rings (SSSR count). The van der Waals surface area contributed by atoms with Crippen LogP contribution in [-0.4, -0.2) is 24.1 Å². The summed E-state index contributed by atoms with van der Waals surface area (Å²) in [4.78, 5) is 26.3. The van der Waals surface area contributed by atoms with Gasteiger partial charge in [-0.1, -0.05) is 36.4 Å². The van der Waals surface area contributed by atoms with Crippen LogP contribution in [-0.2, 0) is 9.47 Å². The number of hydrogen-bond donors (Lipinski definition) is 0. The highest BCUT2D eigenvalue weighted by Gasteiger charge is 2.54. The zero-order chi connectivity index (χ0) is 26.6. The SMILES string of the molecule is O=C(OC1C(OC(=O)c2ccccc2)[C@H]2c3cc(F)c(F)cc3[C@H]1c1cc(F)c(F)cc12)c1ccccc1. The molecule has 2 bridgehead atoms. The quantitative estimate of drug-likeness (QED) is 0.236. The second-order valence-corrected chi connectivity index (χ2v) is 9.22. The van der Waals surface area contributed by atoms with E-state index < -0.39 is 59.3 Å². The van der Waals surface area contributed by atoms with Crippen LogP contribution in [0.4, 0.5) is 17.6 Å². The lowest BCUT2D eigenvalue weighted by Crippen LogP contribution is -2.51. The van der Waals surface area contributed by atoms with Crippen molar-refractivity contribution in [3.63, 3.8) is 0 Å². The van der Waals surface area contributed by atoms with Gasteiger partial charge in [0, 0.05) is 0 Å². The molecule has 4 aromatic rings. The first-order valence-corrected chi connectivity index (χ1v) is 11.8. The van der Waals surface area contributed by atoms with Gasteiger partial charge in [0.2, 0.25) is 0 Å². The average molecular weight is 518 g/mol. The third kappa shape index (κ3) is 3.84. The van der Waals surface area contributed by atoms with Crippen LogP contribution >= 0.6 is 0 Å². The number of esters is 2. The first kappa shape index (κ1) is 23.9. The number of carbonyl (C=O) groups is 2. The van der Waals surface area contributed by atoms with Gasteiger partial charge in [-0.25, -0.2) is 27.2 Å². The standard InChI is InChI=1S/C30H18F4O4/c31-21-11-17-19(13-23(21)33)26-20-14-24(34)22(32)12-18(20)25(17)27(37-29(35)15-7-3-1-4-8-15)28(26)38-30(36)16-9-5-2-6-10-16/h1-14,25-28H/t25-,26-,27?,28?. The fraction of sp³-hybridized carbons (Fsp3) is 0.133. The lowest BCUT2D eigenvalue weighted by molar-refractivity contribution is -0.0559. The third-order valence-electron chi connectivity index (χ3n) is 7.08. The number of carbonyl (C=O) groups excluding carboxylic acids is 2. The third-order valence-corrected chi connectivity index (χ3v) is 7.08. The summed E-state index contributed by atoms with van der Waals surface area (Å²) < 4.78 is 69.5. The average Bonchev–Trinajstić information content (AvgIpc) is 2.92. The van der Waals surface area contributed by atoms with Gasteiger partial charge in [0.25, 0.3) is 0 Å². The minimum Gasteiger partial charge on any atom is -0.454 e. The van der Waals surface area contributed by atoms with Crippen molar-refractivity contribution in [3.8, 4) is 0 Å². The van der Waals surface area contributed by atoms with E-state index in [1.807, 2.05) is 0 Å². The molecule has 3 aliphatic rings. The maximum Gasteiger partial charge on any atom is 0.338 e. The molecule has 4 nitrogen and oxygen atoms in total. The Morgan fingerprint density at radius 1 is 0.500 bits per heavy atom. The Hall–Kier alpha value is -4.46. The summed E-state index contributed by atoms with van der Waals surface area (Å²) in [7, 11) is 0. The summed E-state index contributed by atoms with van der Waals surface area (Å²) >= 11 is 0. The Kier molecular flexibility index (Phi) is 5.75. The molecule has 2 atom stereocenters. The van der Waals surface area contributed by atoms with Crippen LogP contribution in [0.1, 0.15) is 54.8 Å². The lowest BCUT2D eigenvalue weighted by atomic mass is 9.60. The minimum absolute atomic E-state index is 0.207. The van der Waals surface area contributed by atoms with E-state index in [-0.39, 0.29) is 33.4 Å². The Balaban J connectivity index is 1.52. The second-order valence-electron chi connectivity index (χ2n) is 9.22. The summed E-state index contributed by atoms with van der Waals surface area (Å²) in [6.07, 6.45) is -2.48. The highest BCUT2D eigenvalue weighted by atomic mass is 19.2. The molecule has 0 aromatic heterocycles. The van der Waals surface area contributed by atoms with Crippen molar-refractivity contribution < 1.29 is 36.6 Å². The molecule has 0 N–H and O–H groups in total. The van der Waals surface area contributed by atoms with Crippen LogP contribution < -0.4 is 0 Å². The molecule has 0 amide bonds. The molecule has 0 saturated heterocycles. The van der Waals surface area contributed by atoms with Gasteiger partial charge in [-0.3, -0.25) is 0 Å². The topological polar surface area (TPSA) is 52.6 Å². The van der Waals surface area contributed by atoms with Crippen molar-refractivity contribution in [3.05, 3.63) is 142 Å². The van der Waals surface area contributed by atoms with Gasteiger partial charge in [-0.2, -0.15) is 0 Å². The van der Waals surface area contributed by atoms with E-state index in [0.717, 1.165) is 24.3 Å². The number of benzene rings is 4. The summed E-state index contributed by atoms with van der Waals surface area (Å²) in [6.45, 7) is 0. The minimum atomic E-state index is -1.24. The van der Waals surface area contributed by atoms with Gasteiger partial charge in [0.15, 0.2) is 35.5 Å². The normalized spacial score (nSPS) is 20.8. The van der Waals surface area contributed by atoms with E-state index in [9.17, 15) is 27.2 Å². The first-order chi connectivity index (χ1) is 18.3. The Labute approximate surface area is 214 Å². The van der Waals surface area contributed by atoms with Crippen molar-refractivity contribution in [1.82, 2.24) is 0 Å². The van der Waals surface area contributed by atoms with Crippen LogP contribution in [0.5, 0.6) is 0 Å². The van der Waals surface area contributed by atoms with E-state index in [0.29, 0.717) is 0 Å². The van der Waals surface area contributed by atoms with E-state index in [1.165, 1.54) is 24.3 Å². The van der Waals surface area contributed by atoms with Crippen LogP contribution in [0.15, 0.2) is 84.9 Å². The number of hydrogen-bond acceptors (Lipinski definition) is 4. The Bertz CT molecular complexity index is 1400. The van der Waals surface area contributed by atoms with Crippen molar-refractivity contribution in [2.45, 2.75) is 24.0 Å². The van der Waals surface area contributed by atoms with E-state index >= 15 is 0 Å². The Morgan fingerprint density at radius 2 is 0.789 bits per heavy atom. The molecule has 190 valence electrons. The highest BCUT2D eigenvalue weighted by Crippen LogP contribution is 2.55. The maximum atomic E-state index is 14.4. The highest BCUT2D eigenvalue weighted by molar-refractivity contribution is 5.90. The molecule has 0 heterocycles. The number of rotatable bonds is 4. The van der Waals surface area contributed by atoms with Crippen LogP contribution in [0.2, 0.25) is 0 Å². The predicted octanol–water partition coefficient (Wildman–Crippen LogP) is 6.29. The largest absolute Gasteiger partial charge is 0.454 e. The van der Waals surface area contributed by atoms with Gasteiger partial charge in [-0.15, -0.1) is 0 Å². The predicted molar refractivity (Wildman–Crippen MR) is 128 cm³/mol. The van der Waals surface area contributed by atoms with Gasteiger partial charge in [0.1, 0.15) is 0 Å². The van der Waals surface area contributed by atoms with Crippen molar-refractivity contribution >= 4 is 11.9 Å². The first-order valence-electron chi connectivity index (χ1n) is 11.8. The van der Waals surface area contributed by atoms with Gasteiger partial charge < -0.3 is 9.47 Å². The molecule has 8 heteroatoms. The molecular formula is C30H18F4O4. The molecule has 0 fully saturated rings. The fourth-order valence-corrected chi connectivity index (χ4v) is 5.46. The fourth-order valence-electron chi connectivity index (χ4n) is 5.46. The molecule has 38 heavy (non-hydrogen) atoms. The van der Waals surface area contributed by atoms with Crippen molar-refractivity contribution in [1.29, 1.82) is 0 Å². The smallest absolute Gasteiger partial charge is 0.338 e. The molecule has 0 saturated carbocycles. The molecule has 0 radical (unpaired) electrons. The summed E-state index contributed by atoms with van der Waals surface area (Å²) in [5, 5.41) is 0. The van der Waals surface area contributed by atoms with Gasteiger partial charge in [-0.05, 0) is 70.8 Å². The zero-order valence-electron chi connectivity index (χ0n) is 19.5. The molecule has 3 aliphatic carbocycles. The van der Waals surface area contributed by atoms with E-state index in [2.05, 4.69) is 0 Å². The van der Waals surface area contributed by atoms with E-state index in [4.69, 9.17) is 9.47 Å². The number of ether oxygens (including phenoxy) is 2. The molecule has 0 spiro atoms. The lowest BCUT2D eigenvalue weighted by Gasteiger charge is -2.49. The Morgan fingerprint density at radius 3 is 1.08 bits per heavy atom.